The van der Waals surface area contributed by atoms with Crippen molar-refractivity contribution in [3.05, 3.63) is 46.8 Å². The predicted octanol–water partition coefficient (Wildman–Crippen LogP) is 2.75. The average molecular weight is 399 g/mol. The molecule has 0 radical (unpaired) electrons. The minimum atomic E-state index is 0.0122. The molecule has 2 fully saturated rings. The highest BCUT2D eigenvalue weighted by atomic mass is 16.3. The van der Waals surface area contributed by atoms with Crippen LogP contribution in [0.4, 0.5) is 0 Å². The van der Waals surface area contributed by atoms with Crippen molar-refractivity contribution in [2.45, 2.75) is 46.2 Å². The van der Waals surface area contributed by atoms with Crippen molar-refractivity contribution in [1.82, 2.24) is 14.7 Å². The summed E-state index contributed by atoms with van der Waals surface area (Å²) in [6, 6.07) is 6.02. The van der Waals surface area contributed by atoms with Crippen LogP contribution in [0.5, 0.6) is 0 Å². The van der Waals surface area contributed by atoms with Crippen molar-refractivity contribution in [3.63, 3.8) is 0 Å². The number of aryl methyl sites for hydroxylation is 3. The van der Waals surface area contributed by atoms with Crippen LogP contribution >= 0.6 is 0 Å². The highest BCUT2D eigenvalue weighted by Gasteiger charge is 2.34. The summed E-state index contributed by atoms with van der Waals surface area (Å²) in [5.41, 5.74) is 0.640. The Morgan fingerprint density at radius 3 is 2.31 bits per heavy atom. The van der Waals surface area contributed by atoms with Crippen LogP contribution in [0.1, 0.15) is 46.2 Å². The van der Waals surface area contributed by atoms with Gasteiger partial charge in [-0.25, -0.2) is 0 Å². The van der Waals surface area contributed by atoms with Gasteiger partial charge in [-0.15, -0.1) is 0 Å². The summed E-state index contributed by atoms with van der Waals surface area (Å²) in [5.74, 6) is 3.28. The van der Waals surface area contributed by atoms with Crippen molar-refractivity contribution < 1.29 is 18.4 Å². The van der Waals surface area contributed by atoms with E-state index in [2.05, 4.69) is 4.90 Å². The van der Waals surface area contributed by atoms with Crippen LogP contribution in [-0.4, -0.2) is 65.3 Å². The first kappa shape index (κ1) is 19.8. The van der Waals surface area contributed by atoms with Crippen LogP contribution in [0.3, 0.4) is 0 Å². The van der Waals surface area contributed by atoms with E-state index >= 15 is 0 Å². The molecule has 0 bridgehead atoms. The van der Waals surface area contributed by atoms with Crippen molar-refractivity contribution in [3.8, 4) is 0 Å². The number of hydrogen-bond acceptors (Lipinski definition) is 5. The van der Waals surface area contributed by atoms with E-state index < -0.39 is 0 Å². The molecule has 7 nitrogen and oxygen atoms in total. The third-order valence-corrected chi connectivity index (χ3v) is 5.72. The normalized spacial score (nSPS) is 17.6. The van der Waals surface area contributed by atoms with E-state index in [9.17, 15) is 9.59 Å². The Morgan fingerprint density at radius 2 is 1.76 bits per heavy atom. The zero-order chi connectivity index (χ0) is 20.5. The van der Waals surface area contributed by atoms with E-state index in [1.807, 2.05) is 42.7 Å². The fourth-order valence-corrected chi connectivity index (χ4v) is 3.95. The number of piperazine rings is 1. The lowest BCUT2D eigenvalue weighted by molar-refractivity contribution is -0.134. The molecule has 156 valence electrons. The number of carbonyl (C=O) groups excluding carboxylic acids is 2. The lowest BCUT2D eigenvalue weighted by Gasteiger charge is -2.35. The van der Waals surface area contributed by atoms with Crippen LogP contribution < -0.4 is 0 Å². The molecular weight excluding hydrogens is 370 g/mol. The molecule has 0 N–H and O–H groups in total. The molecule has 1 saturated heterocycles. The van der Waals surface area contributed by atoms with Crippen LogP contribution in [-0.2, 0) is 11.3 Å². The van der Waals surface area contributed by atoms with E-state index in [1.165, 1.54) is 0 Å². The zero-order valence-electron chi connectivity index (χ0n) is 17.4. The van der Waals surface area contributed by atoms with Gasteiger partial charge in [0.15, 0.2) is 0 Å². The van der Waals surface area contributed by atoms with Gasteiger partial charge < -0.3 is 18.6 Å². The Kier molecular flexibility index (Phi) is 5.50. The minimum Gasteiger partial charge on any atom is -0.466 e. The minimum absolute atomic E-state index is 0.0122. The molecule has 1 aliphatic heterocycles. The maximum Gasteiger partial charge on any atom is 0.257 e. The van der Waals surface area contributed by atoms with Crippen LogP contribution in [0.15, 0.2) is 27.0 Å². The molecule has 2 aromatic heterocycles. The van der Waals surface area contributed by atoms with Gasteiger partial charge in [-0.05, 0) is 51.8 Å². The number of nitrogens with zero attached hydrogens (tertiary/aromatic N) is 3. The smallest absolute Gasteiger partial charge is 0.257 e. The first-order valence-electron chi connectivity index (χ1n) is 10.3. The second kappa shape index (κ2) is 8.06. The molecule has 1 saturated carbocycles. The molecule has 2 aromatic rings. The summed E-state index contributed by atoms with van der Waals surface area (Å²) in [6.45, 7) is 9.16. The van der Waals surface area contributed by atoms with Gasteiger partial charge in [0.2, 0.25) is 5.91 Å². The summed E-state index contributed by atoms with van der Waals surface area (Å²) in [4.78, 5) is 31.6. The van der Waals surface area contributed by atoms with E-state index in [0.717, 1.165) is 30.1 Å². The first-order chi connectivity index (χ1) is 13.9. The maximum absolute atomic E-state index is 12.9. The average Bonchev–Trinajstić information content (AvgIpc) is 3.36. The molecule has 0 atom stereocenters. The highest BCUT2D eigenvalue weighted by Crippen LogP contribution is 2.29. The molecule has 1 aliphatic carbocycles. The molecule has 4 rings (SSSR count). The van der Waals surface area contributed by atoms with Gasteiger partial charge in [0, 0.05) is 32.2 Å². The lowest BCUT2D eigenvalue weighted by Crippen LogP contribution is -2.51. The van der Waals surface area contributed by atoms with Gasteiger partial charge in [0.1, 0.15) is 23.0 Å². The quantitative estimate of drug-likeness (QED) is 0.747. The summed E-state index contributed by atoms with van der Waals surface area (Å²) in [7, 11) is 0. The first-order valence-corrected chi connectivity index (χ1v) is 10.3. The second-order valence-electron chi connectivity index (χ2n) is 8.16. The third-order valence-electron chi connectivity index (χ3n) is 5.72. The molecule has 0 spiro atoms. The predicted molar refractivity (Wildman–Crippen MR) is 108 cm³/mol. The van der Waals surface area contributed by atoms with E-state index in [-0.39, 0.29) is 11.8 Å². The second-order valence-corrected chi connectivity index (χ2v) is 8.16. The Bertz CT molecular complexity index is 888. The van der Waals surface area contributed by atoms with Gasteiger partial charge in [0.25, 0.3) is 5.91 Å². The molecule has 2 aliphatic rings. The molecular formula is C22H29N3O4. The topological polar surface area (TPSA) is 70.1 Å². The van der Waals surface area contributed by atoms with Crippen molar-refractivity contribution in [2.24, 2.45) is 0 Å². The Balaban J connectivity index is 1.31. The largest absolute Gasteiger partial charge is 0.466 e. The maximum atomic E-state index is 12.9. The van der Waals surface area contributed by atoms with Crippen molar-refractivity contribution in [2.75, 3.05) is 32.7 Å². The summed E-state index contributed by atoms with van der Waals surface area (Å²) in [5, 5.41) is 0. The fraction of sp³-hybridized carbons (Fsp3) is 0.545. The number of furan rings is 2. The third kappa shape index (κ3) is 4.56. The number of rotatable bonds is 6. The number of hydrogen-bond donors (Lipinski definition) is 0. The molecule has 0 unspecified atom stereocenters. The van der Waals surface area contributed by atoms with E-state index in [1.54, 1.807) is 6.07 Å². The van der Waals surface area contributed by atoms with Crippen molar-refractivity contribution in [1.29, 1.82) is 0 Å². The highest BCUT2D eigenvalue weighted by molar-refractivity contribution is 5.95. The standard InChI is InChI=1S/C22H29N3O4/c1-15-4-7-19(29-15)13-25(18-5-6-18)21(26)14-23-8-10-24(11-9-23)22(27)20-12-16(2)28-17(20)3/h4,7,12,18H,5-6,8-11,13-14H2,1-3H3. The SMILES string of the molecule is Cc1ccc(CN(C(=O)CN2CCN(C(=O)c3cc(C)oc3C)CC2)C2CC2)o1. The van der Waals surface area contributed by atoms with Crippen LogP contribution in [0, 0.1) is 20.8 Å². The monoisotopic (exact) mass is 399 g/mol. The van der Waals surface area contributed by atoms with Gasteiger partial charge in [0.05, 0.1) is 18.7 Å². The molecule has 2 amide bonds. The number of carbonyl (C=O) groups is 2. The van der Waals surface area contributed by atoms with Gasteiger partial charge in [-0.1, -0.05) is 0 Å². The van der Waals surface area contributed by atoms with Crippen molar-refractivity contribution >= 4 is 11.8 Å². The lowest BCUT2D eigenvalue weighted by atomic mass is 10.2. The summed E-state index contributed by atoms with van der Waals surface area (Å²) < 4.78 is 11.2. The Morgan fingerprint density at radius 1 is 1.03 bits per heavy atom. The zero-order valence-corrected chi connectivity index (χ0v) is 17.4. The van der Waals surface area contributed by atoms with Gasteiger partial charge in [-0.2, -0.15) is 0 Å². The Hall–Kier alpha value is -2.54. The fourth-order valence-electron chi connectivity index (χ4n) is 3.95. The van der Waals surface area contributed by atoms with Gasteiger partial charge in [-0.3, -0.25) is 14.5 Å². The van der Waals surface area contributed by atoms with Gasteiger partial charge >= 0.3 is 0 Å². The van der Waals surface area contributed by atoms with Crippen LogP contribution in [0.2, 0.25) is 0 Å². The van der Waals surface area contributed by atoms with E-state index in [4.69, 9.17) is 8.83 Å². The van der Waals surface area contributed by atoms with E-state index in [0.29, 0.717) is 56.6 Å². The van der Waals surface area contributed by atoms with Crippen LogP contribution in [0.25, 0.3) is 0 Å². The summed E-state index contributed by atoms with van der Waals surface area (Å²) in [6.07, 6.45) is 2.13. The molecule has 0 aromatic carbocycles. The summed E-state index contributed by atoms with van der Waals surface area (Å²) >= 11 is 0. The molecule has 7 heteroatoms. The Labute approximate surface area is 171 Å². The molecule has 29 heavy (non-hydrogen) atoms. The number of amides is 2. The molecule has 3 heterocycles.